The van der Waals surface area contributed by atoms with Gasteiger partial charge in [0, 0.05) is 37.1 Å². The van der Waals surface area contributed by atoms with Crippen LogP contribution in [0.5, 0.6) is 0 Å². The highest BCUT2D eigenvalue weighted by atomic mass is 19.4. The Morgan fingerprint density at radius 2 is 1.91 bits per heavy atom. The van der Waals surface area contributed by atoms with Crippen LogP contribution in [0, 0.1) is 11.8 Å². The van der Waals surface area contributed by atoms with Gasteiger partial charge in [0.25, 0.3) is 5.91 Å². The van der Waals surface area contributed by atoms with Crippen molar-refractivity contribution in [1.29, 1.82) is 0 Å². The molecule has 1 aromatic heterocycles. The fraction of sp³-hybridized carbons (Fsp3) is 0.348. The van der Waals surface area contributed by atoms with Crippen LogP contribution < -0.4 is 11.1 Å². The van der Waals surface area contributed by atoms with E-state index >= 15 is 0 Å². The number of hydrogen-bond donors (Lipinski definition) is 2. The van der Waals surface area contributed by atoms with E-state index in [1.165, 1.54) is 0 Å². The van der Waals surface area contributed by atoms with Gasteiger partial charge in [0.15, 0.2) is 6.23 Å². The summed E-state index contributed by atoms with van der Waals surface area (Å²) in [7, 11) is 0. The Bertz CT molecular complexity index is 1240. The molecule has 0 bridgehead atoms. The Morgan fingerprint density at radius 3 is 2.62 bits per heavy atom. The third kappa shape index (κ3) is 4.12. The smallest absolute Gasteiger partial charge is 0.439 e. The highest BCUT2D eigenvalue weighted by molar-refractivity contribution is 6.04. The molecule has 3 atom stereocenters. The molecule has 0 radical (unpaired) electrons. The zero-order chi connectivity index (χ0) is 24.0. The van der Waals surface area contributed by atoms with Crippen LogP contribution in [0.25, 0.3) is 16.6 Å². The molecule has 3 unspecified atom stereocenters. The fourth-order valence-electron chi connectivity index (χ4n) is 4.82. The van der Waals surface area contributed by atoms with E-state index in [2.05, 4.69) is 10.4 Å². The maximum absolute atomic E-state index is 12.8. The average molecular weight is 473 g/mol. The van der Waals surface area contributed by atoms with Gasteiger partial charge < -0.3 is 15.8 Å². The van der Waals surface area contributed by atoms with E-state index in [1.54, 1.807) is 27.9 Å². The number of primary amides is 1. The van der Waals surface area contributed by atoms with Crippen molar-refractivity contribution in [3.63, 3.8) is 0 Å². The minimum absolute atomic E-state index is 0.126. The molecule has 34 heavy (non-hydrogen) atoms. The lowest BCUT2D eigenvalue weighted by Gasteiger charge is -2.27. The normalized spacial score (nSPS) is 22.7. The summed E-state index contributed by atoms with van der Waals surface area (Å²) in [6.07, 6.45) is -4.17. The number of fused-ring (bicyclic) bond motifs is 2. The Hall–Kier alpha value is -3.44. The minimum atomic E-state index is -5.03. The number of nitrogens with two attached hydrogens (primary N) is 1. The van der Waals surface area contributed by atoms with E-state index in [-0.39, 0.29) is 11.8 Å². The van der Waals surface area contributed by atoms with Gasteiger partial charge in [0.2, 0.25) is 0 Å². The lowest BCUT2D eigenvalue weighted by atomic mass is 9.99. The summed E-state index contributed by atoms with van der Waals surface area (Å²) >= 11 is 0. The molecule has 0 aliphatic carbocycles. The van der Waals surface area contributed by atoms with Gasteiger partial charge in [-0.3, -0.25) is 9.69 Å². The molecule has 3 heterocycles. The van der Waals surface area contributed by atoms with Crippen LogP contribution in [0.2, 0.25) is 0 Å². The molecule has 5 rings (SSSR count). The summed E-state index contributed by atoms with van der Waals surface area (Å²) in [4.78, 5) is 25.0. The van der Waals surface area contributed by atoms with Crippen molar-refractivity contribution < 1.29 is 27.5 Å². The molecular weight excluding hydrogens is 451 g/mol. The van der Waals surface area contributed by atoms with E-state index < -0.39 is 24.3 Å². The molecule has 2 saturated heterocycles. The van der Waals surface area contributed by atoms with E-state index in [0.717, 1.165) is 16.6 Å². The van der Waals surface area contributed by atoms with Gasteiger partial charge in [-0.2, -0.15) is 18.3 Å². The van der Waals surface area contributed by atoms with Crippen LogP contribution >= 0.6 is 0 Å². The minimum Gasteiger partial charge on any atom is -0.439 e. The molecule has 2 aliphatic heterocycles. The van der Waals surface area contributed by atoms with Crippen LogP contribution in [-0.4, -0.2) is 58.6 Å². The SMILES string of the molecule is NC(=O)c1cccc2cn(-c3ccc(CN4CC5CNCC5C4OC(=O)C(F)(F)F)cc3)nc12. The molecular formula is C23H22F3N5O3. The van der Waals surface area contributed by atoms with Crippen LogP contribution in [0.3, 0.4) is 0 Å². The molecule has 2 fully saturated rings. The number of aromatic nitrogens is 2. The second kappa shape index (κ2) is 8.41. The predicted molar refractivity (Wildman–Crippen MR) is 116 cm³/mol. The largest absolute Gasteiger partial charge is 0.490 e. The van der Waals surface area contributed by atoms with Gasteiger partial charge in [0.1, 0.15) is 5.52 Å². The van der Waals surface area contributed by atoms with Crippen LogP contribution in [0.1, 0.15) is 15.9 Å². The third-order valence-corrected chi connectivity index (χ3v) is 6.43. The van der Waals surface area contributed by atoms with Crippen LogP contribution in [0.4, 0.5) is 13.2 Å². The van der Waals surface area contributed by atoms with Crippen molar-refractivity contribution in [1.82, 2.24) is 20.0 Å². The number of rotatable bonds is 5. The van der Waals surface area contributed by atoms with Crippen molar-refractivity contribution in [3.8, 4) is 5.69 Å². The summed E-state index contributed by atoms with van der Waals surface area (Å²) in [5, 5.41) is 8.41. The molecule has 2 aliphatic rings. The Balaban J connectivity index is 1.34. The summed E-state index contributed by atoms with van der Waals surface area (Å²) in [6, 6.07) is 12.6. The van der Waals surface area contributed by atoms with Crippen molar-refractivity contribution in [2.24, 2.45) is 17.6 Å². The standard InChI is InChI=1S/C23H22F3N5O3/c24-23(25,26)22(33)34-21-18-9-28-8-15(18)11-30(21)10-13-4-6-16(7-5-13)31-12-14-2-1-3-17(20(27)32)19(14)29-31/h1-7,12,15,18,21,28H,8-11H2,(H2,27,32). The van der Waals surface area contributed by atoms with E-state index in [1.807, 2.05) is 30.3 Å². The zero-order valence-electron chi connectivity index (χ0n) is 18.0. The maximum atomic E-state index is 12.8. The van der Waals surface area contributed by atoms with E-state index in [9.17, 15) is 22.8 Å². The van der Waals surface area contributed by atoms with Crippen molar-refractivity contribution in [2.45, 2.75) is 18.9 Å². The van der Waals surface area contributed by atoms with Gasteiger partial charge in [-0.15, -0.1) is 0 Å². The first-order chi connectivity index (χ1) is 16.2. The summed E-state index contributed by atoms with van der Waals surface area (Å²) in [5.74, 6) is -2.77. The first-order valence-corrected chi connectivity index (χ1v) is 10.8. The number of halogens is 3. The Labute approximate surface area is 192 Å². The second-order valence-corrected chi connectivity index (χ2v) is 8.65. The van der Waals surface area contributed by atoms with Gasteiger partial charge in [-0.25, -0.2) is 9.48 Å². The Morgan fingerprint density at radius 1 is 1.15 bits per heavy atom. The quantitative estimate of drug-likeness (QED) is 0.551. The van der Waals surface area contributed by atoms with Crippen molar-refractivity contribution >= 4 is 22.8 Å². The second-order valence-electron chi connectivity index (χ2n) is 8.65. The summed E-state index contributed by atoms with van der Waals surface area (Å²) < 4.78 is 45.0. The average Bonchev–Trinajstić information content (AvgIpc) is 3.49. The molecule has 8 nitrogen and oxygen atoms in total. The maximum Gasteiger partial charge on any atom is 0.490 e. The lowest BCUT2D eigenvalue weighted by Crippen LogP contribution is -2.41. The predicted octanol–water partition coefficient (Wildman–Crippen LogP) is 2.21. The number of amides is 1. The number of carbonyl (C=O) groups excluding carboxylic acids is 2. The van der Waals surface area contributed by atoms with E-state index in [0.29, 0.717) is 37.3 Å². The number of carbonyl (C=O) groups is 2. The van der Waals surface area contributed by atoms with Gasteiger partial charge >= 0.3 is 12.1 Å². The molecule has 0 saturated carbocycles. The topological polar surface area (TPSA) is 102 Å². The van der Waals surface area contributed by atoms with Gasteiger partial charge in [-0.05, 0) is 36.2 Å². The van der Waals surface area contributed by atoms with Gasteiger partial charge in [-0.1, -0.05) is 24.3 Å². The number of alkyl halides is 3. The number of ether oxygens (including phenoxy) is 1. The summed E-state index contributed by atoms with van der Waals surface area (Å²) in [5.41, 5.74) is 7.88. The number of nitrogens with zero attached hydrogens (tertiary/aromatic N) is 3. The fourth-order valence-corrected chi connectivity index (χ4v) is 4.82. The molecule has 2 aromatic carbocycles. The van der Waals surface area contributed by atoms with Crippen molar-refractivity contribution in [3.05, 3.63) is 59.8 Å². The lowest BCUT2D eigenvalue weighted by molar-refractivity contribution is -0.213. The molecule has 1 amide bonds. The van der Waals surface area contributed by atoms with E-state index in [4.69, 9.17) is 10.5 Å². The van der Waals surface area contributed by atoms with Crippen LogP contribution in [0.15, 0.2) is 48.7 Å². The molecule has 0 spiro atoms. The zero-order valence-corrected chi connectivity index (χ0v) is 18.0. The molecule has 3 N–H and O–H groups in total. The highest BCUT2D eigenvalue weighted by Crippen LogP contribution is 2.35. The first kappa shape index (κ1) is 22.4. The van der Waals surface area contributed by atoms with Gasteiger partial charge in [0.05, 0.1) is 11.3 Å². The number of nitrogens with one attached hydrogen (secondary N) is 1. The monoisotopic (exact) mass is 473 g/mol. The number of hydrogen-bond acceptors (Lipinski definition) is 6. The molecule has 11 heteroatoms. The third-order valence-electron chi connectivity index (χ3n) is 6.43. The number of likely N-dealkylation sites (tertiary alicyclic amines) is 1. The van der Waals surface area contributed by atoms with Crippen LogP contribution in [-0.2, 0) is 16.1 Å². The first-order valence-electron chi connectivity index (χ1n) is 10.8. The Kier molecular flexibility index (Phi) is 5.53. The van der Waals surface area contributed by atoms with Crippen molar-refractivity contribution in [2.75, 3.05) is 19.6 Å². The highest BCUT2D eigenvalue weighted by Gasteiger charge is 2.50. The number of esters is 1. The summed E-state index contributed by atoms with van der Waals surface area (Å²) in [6.45, 7) is 2.07. The number of benzene rings is 2. The molecule has 3 aromatic rings. The molecule has 178 valence electrons.